The molecule has 0 bridgehead atoms. The summed E-state index contributed by atoms with van der Waals surface area (Å²) in [6, 6.07) is 10.0. The van der Waals surface area contributed by atoms with Crippen LogP contribution in [-0.2, 0) is 26.9 Å². The van der Waals surface area contributed by atoms with E-state index in [0.717, 1.165) is 5.56 Å². The molecule has 1 heterocycles. The first-order valence-corrected chi connectivity index (χ1v) is 11.1. The highest BCUT2D eigenvalue weighted by molar-refractivity contribution is 14.0. The lowest BCUT2D eigenvalue weighted by molar-refractivity contribution is 0.0386. The summed E-state index contributed by atoms with van der Waals surface area (Å²) in [4.78, 5) is 4.66. The zero-order chi connectivity index (χ0) is 22.0. The fourth-order valence-corrected chi connectivity index (χ4v) is 3.70. The van der Waals surface area contributed by atoms with Gasteiger partial charge in [0.2, 0.25) is 10.0 Å². The second-order valence-corrected chi connectivity index (χ2v) is 8.60. The third-order valence-electron chi connectivity index (χ3n) is 4.22. The van der Waals surface area contributed by atoms with Crippen molar-refractivity contribution in [2.45, 2.75) is 30.9 Å². The molecule has 2 aromatic rings. The molecule has 0 saturated heterocycles. The topological polar surface area (TPSA) is 125 Å². The lowest BCUT2D eigenvalue weighted by atomic mass is 10.0. The number of ether oxygens (including phenoxy) is 1. The maximum atomic E-state index is 12.4. The van der Waals surface area contributed by atoms with Crippen molar-refractivity contribution < 1.29 is 22.7 Å². The van der Waals surface area contributed by atoms with E-state index < -0.39 is 15.6 Å². The largest absolute Gasteiger partial charge is 0.466 e. The van der Waals surface area contributed by atoms with Gasteiger partial charge in [0.15, 0.2) is 5.96 Å². The Balaban J connectivity index is 0.00000480. The van der Waals surface area contributed by atoms with Crippen LogP contribution in [0.3, 0.4) is 0 Å². The molecule has 0 amide bonds. The van der Waals surface area contributed by atoms with Gasteiger partial charge < -0.3 is 24.9 Å². The van der Waals surface area contributed by atoms with Crippen LogP contribution in [0, 0.1) is 0 Å². The van der Waals surface area contributed by atoms with E-state index in [1.807, 2.05) is 6.92 Å². The molecule has 0 spiro atoms. The summed E-state index contributed by atoms with van der Waals surface area (Å²) in [5, 5.41) is 16.8. The molecule has 2 rings (SSSR count). The third kappa shape index (κ3) is 8.77. The Hall–Kier alpha value is -1.67. The average molecular weight is 566 g/mol. The van der Waals surface area contributed by atoms with Crippen molar-refractivity contribution in [3.05, 3.63) is 54.0 Å². The molecule has 4 N–H and O–H groups in total. The van der Waals surface area contributed by atoms with Crippen LogP contribution in [-0.4, -0.2) is 52.8 Å². The second kappa shape index (κ2) is 13.0. The molecule has 1 aromatic heterocycles. The summed E-state index contributed by atoms with van der Waals surface area (Å²) in [5.74, 6) is 0.945. The molecule has 0 radical (unpaired) electrons. The van der Waals surface area contributed by atoms with E-state index in [9.17, 15) is 13.5 Å². The number of aliphatic hydroxyl groups is 1. The Kier molecular flexibility index (Phi) is 11.5. The molecule has 1 unspecified atom stereocenters. The first-order chi connectivity index (χ1) is 14.3. The number of hydrogen-bond donors (Lipinski definition) is 4. The number of guanidine groups is 1. The van der Waals surface area contributed by atoms with E-state index in [1.54, 1.807) is 37.3 Å². The van der Waals surface area contributed by atoms with Gasteiger partial charge in [0, 0.05) is 20.2 Å². The smallest absolute Gasteiger partial charge is 0.240 e. The lowest BCUT2D eigenvalue weighted by Gasteiger charge is -2.22. The molecule has 1 aromatic carbocycles. The number of methoxy groups -OCH3 is 1. The second-order valence-electron chi connectivity index (χ2n) is 6.84. The Morgan fingerprint density at radius 2 is 2.03 bits per heavy atom. The van der Waals surface area contributed by atoms with E-state index in [-0.39, 0.29) is 48.5 Å². The van der Waals surface area contributed by atoms with Gasteiger partial charge in [-0.1, -0.05) is 12.1 Å². The van der Waals surface area contributed by atoms with E-state index in [4.69, 9.17) is 9.15 Å². The van der Waals surface area contributed by atoms with Crippen LogP contribution in [0.4, 0.5) is 0 Å². The Morgan fingerprint density at radius 3 is 2.68 bits per heavy atom. The predicted octanol–water partition coefficient (Wildman–Crippen LogP) is 1.79. The number of aliphatic imine (C=N–C) groups is 1. The predicted molar refractivity (Wildman–Crippen MR) is 130 cm³/mol. The van der Waals surface area contributed by atoms with E-state index in [1.165, 1.54) is 19.4 Å². The molecule has 174 valence electrons. The summed E-state index contributed by atoms with van der Waals surface area (Å²) in [6.45, 7) is 5.15. The minimum atomic E-state index is -3.61. The normalized spacial score (nSPS) is 13.9. The molecule has 9 nitrogen and oxygen atoms in total. The number of rotatable bonds is 11. The first kappa shape index (κ1) is 27.4. The van der Waals surface area contributed by atoms with Crippen molar-refractivity contribution in [3.8, 4) is 0 Å². The highest BCUT2D eigenvalue weighted by Crippen LogP contribution is 2.19. The van der Waals surface area contributed by atoms with Crippen LogP contribution in [0.15, 0.2) is 57.0 Å². The van der Waals surface area contributed by atoms with Crippen molar-refractivity contribution in [1.82, 2.24) is 15.4 Å². The van der Waals surface area contributed by atoms with Crippen molar-refractivity contribution in [3.63, 3.8) is 0 Å². The van der Waals surface area contributed by atoms with E-state index in [0.29, 0.717) is 24.9 Å². The summed E-state index contributed by atoms with van der Waals surface area (Å²) < 4.78 is 37.4. The fourth-order valence-electron chi connectivity index (χ4n) is 2.61. The van der Waals surface area contributed by atoms with Crippen LogP contribution in [0.1, 0.15) is 25.2 Å². The van der Waals surface area contributed by atoms with Gasteiger partial charge in [-0.15, -0.1) is 24.0 Å². The molecule has 0 aliphatic carbocycles. The van der Waals surface area contributed by atoms with Crippen LogP contribution in [0.2, 0.25) is 0 Å². The van der Waals surface area contributed by atoms with Crippen molar-refractivity contribution in [2.24, 2.45) is 4.99 Å². The molecule has 1 atom stereocenters. The number of benzene rings is 1. The maximum Gasteiger partial charge on any atom is 0.240 e. The standard InChI is InChI=1S/C20H30N4O5S.HI/c1-4-21-19(23-15-20(2,25)18-9-6-11-29-18)22-14-16-7-5-8-17(13-16)30(26,27)24-10-12-28-3;/h5-9,11,13,24-25H,4,10,12,14-15H2,1-3H3,(H2,21,22,23);1H. The first-order valence-electron chi connectivity index (χ1n) is 9.64. The van der Waals surface area contributed by atoms with Crippen molar-refractivity contribution >= 4 is 40.0 Å². The lowest BCUT2D eigenvalue weighted by Crippen LogP contribution is -2.44. The fraction of sp³-hybridized carbons (Fsp3) is 0.450. The number of hydrogen-bond acceptors (Lipinski definition) is 6. The van der Waals surface area contributed by atoms with Gasteiger partial charge in [-0.05, 0) is 43.7 Å². The van der Waals surface area contributed by atoms with Crippen molar-refractivity contribution in [1.29, 1.82) is 0 Å². The summed E-state index contributed by atoms with van der Waals surface area (Å²) >= 11 is 0. The van der Waals surface area contributed by atoms with Gasteiger partial charge in [0.1, 0.15) is 11.4 Å². The number of nitrogens with zero attached hydrogens (tertiary/aromatic N) is 1. The van der Waals surface area contributed by atoms with Crippen LogP contribution >= 0.6 is 24.0 Å². The SMILES string of the molecule is CCNC(=NCc1cccc(S(=O)(=O)NCCOC)c1)NCC(C)(O)c1ccco1.I. The van der Waals surface area contributed by atoms with Gasteiger partial charge >= 0.3 is 0 Å². The number of nitrogens with one attached hydrogen (secondary N) is 3. The summed E-state index contributed by atoms with van der Waals surface area (Å²) in [6.07, 6.45) is 1.51. The molecular formula is C20H31IN4O5S. The molecule has 31 heavy (non-hydrogen) atoms. The molecule has 0 aliphatic rings. The van der Waals surface area contributed by atoms with Gasteiger partial charge in [-0.3, -0.25) is 0 Å². The minimum absolute atomic E-state index is 0. The quantitative estimate of drug-likeness (QED) is 0.142. The Morgan fingerprint density at radius 1 is 1.26 bits per heavy atom. The summed E-state index contributed by atoms with van der Waals surface area (Å²) in [7, 11) is -2.10. The number of sulfonamides is 1. The van der Waals surface area contributed by atoms with Crippen LogP contribution in [0.25, 0.3) is 0 Å². The van der Waals surface area contributed by atoms with Crippen LogP contribution in [0.5, 0.6) is 0 Å². The van der Waals surface area contributed by atoms with Crippen LogP contribution < -0.4 is 15.4 Å². The zero-order valence-corrected chi connectivity index (χ0v) is 21.1. The van der Waals surface area contributed by atoms with Gasteiger partial charge in [-0.2, -0.15) is 0 Å². The monoisotopic (exact) mass is 566 g/mol. The molecule has 0 fully saturated rings. The van der Waals surface area contributed by atoms with Crippen molar-refractivity contribution in [2.75, 3.05) is 33.4 Å². The minimum Gasteiger partial charge on any atom is -0.466 e. The van der Waals surface area contributed by atoms with Gasteiger partial charge in [-0.25, -0.2) is 18.1 Å². The van der Waals surface area contributed by atoms with E-state index >= 15 is 0 Å². The average Bonchev–Trinajstić information content (AvgIpc) is 3.26. The molecular weight excluding hydrogens is 535 g/mol. The van der Waals surface area contributed by atoms with Gasteiger partial charge in [0.05, 0.1) is 30.9 Å². The zero-order valence-electron chi connectivity index (χ0n) is 17.9. The third-order valence-corrected chi connectivity index (χ3v) is 5.68. The Bertz CT molecular complexity index is 917. The molecule has 0 saturated carbocycles. The highest BCUT2D eigenvalue weighted by Gasteiger charge is 2.26. The number of furan rings is 1. The Labute approximate surface area is 200 Å². The summed E-state index contributed by atoms with van der Waals surface area (Å²) in [5.41, 5.74) is -0.471. The maximum absolute atomic E-state index is 12.4. The number of halogens is 1. The van der Waals surface area contributed by atoms with Gasteiger partial charge in [0.25, 0.3) is 0 Å². The molecule has 11 heteroatoms. The highest BCUT2D eigenvalue weighted by atomic mass is 127. The molecule has 0 aliphatic heterocycles. The van der Waals surface area contributed by atoms with E-state index in [2.05, 4.69) is 20.3 Å².